The number of aliphatic hydroxyl groups is 1. The molecule has 0 unspecified atom stereocenters. The Hall–Kier alpha value is -1.69. The summed E-state index contributed by atoms with van der Waals surface area (Å²) in [6.07, 6.45) is -0.594. The zero-order valence-electron chi connectivity index (χ0n) is 13.3. The summed E-state index contributed by atoms with van der Waals surface area (Å²) in [4.78, 5) is 0.838. The van der Waals surface area contributed by atoms with E-state index in [1.807, 2.05) is 61.5 Å². The maximum atomic E-state index is 12.1. The second kappa shape index (κ2) is 9.45. The van der Waals surface area contributed by atoms with Crippen molar-refractivity contribution in [1.82, 2.24) is 5.32 Å². The zero-order valence-corrected chi connectivity index (χ0v) is 14.1. The molecule has 2 atom stereocenters. The molecule has 0 bridgehead atoms. The molecule has 0 fully saturated rings. The van der Waals surface area contributed by atoms with Gasteiger partial charge < -0.3 is 15.2 Å². The summed E-state index contributed by atoms with van der Waals surface area (Å²) in [6.45, 7) is 3.24. The predicted octanol–water partition coefficient (Wildman–Crippen LogP) is 2.13. The number of rotatable bonds is 9. The minimum Gasteiger partial charge on any atom is -0.491 e. The first-order chi connectivity index (χ1) is 11.1. The van der Waals surface area contributed by atoms with Crippen molar-refractivity contribution in [2.45, 2.75) is 17.9 Å². The molecular formula is C18H23NO3S. The number of hydrogen-bond acceptors (Lipinski definition) is 4. The van der Waals surface area contributed by atoms with Crippen LogP contribution in [0.1, 0.15) is 5.56 Å². The normalized spacial score (nSPS) is 13.5. The molecule has 0 saturated heterocycles. The molecule has 124 valence electrons. The number of ether oxygens (including phenoxy) is 1. The fraction of sp³-hybridized carbons (Fsp3) is 0.333. The number of benzene rings is 2. The molecule has 2 aromatic carbocycles. The van der Waals surface area contributed by atoms with Crippen molar-refractivity contribution in [2.24, 2.45) is 0 Å². The van der Waals surface area contributed by atoms with Gasteiger partial charge in [-0.15, -0.1) is 0 Å². The summed E-state index contributed by atoms with van der Waals surface area (Å²) in [5, 5.41) is 13.0. The largest absolute Gasteiger partial charge is 0.491 e. The van der Waals surface area contributed by atoms with Crippen LogP contribution in [-0.2, 0) is 10.8 Å². The van der Waals surface area contributed by atoms with Crippen LogP contribution in [0.4, 0.5) is 0 Å². The van der Waals surface area contributed by atoms with Crippen molar-refractivity contribution in [3.05, 3.63) is 60.2 Å². The third-order valence-electron chi connectivity index (χ3n) is 3.31. The standard InChI is InChI=1S/C18H23NO3S/c1-15-7-9-18(10-8-15)23(21)12-11-19-13-16(20)14-22-17-5-3-2-4-6-17/h2-10,16,19-20H,11-14H2,1H3/t16-,23-/m0/s1. The van der Waals surface area contributed by atoms with E-state index in [2.05, 4.69) is 5.32 Å². The summed E-state index contributed by atoms with van der Waals surface area (Å²) in [6, 6.07) is 17.1. The van der Waals surface area contributed by atoms with Gasteiger partial charge in [0.2, 0.25) is 0 Å². The third kappa shape index (κ3) is 6.52. The molecule has 0 aliphatic carbocycles. The average molecular weight is 333 g/mol. The van der Waals surface area contributed by atoms with Gasteiger partial charge in [0, 0.05) is 23.7 Å². The van der Waals surface area contributed by atoms with Crippen LogP contribution in [0, 0.1) is 6.92 Å². The van der Waals surface area contributed by atoms with Gasteiger partial charge in [0.05, 0.1) is 10.8 Å². The van der Waals surface area contributed by atoms with Crippen LogP contribution in [-0.4, -0.2) is 40.9 Å². The van der Waals surface area contributed by atoms with Gasteiger partial charge in [-0.05, 0) is 31.2 Å². The first-order valence-electron chi connectivity index (χ1n) is 7.67. The number of hydrogen-bond donors (Lipinski definition) is 2. The Kier molecular flexibility index (Phi) is 7.26. The van der Waals surface area contributed by atoms with Crippen molar-refractivity contribution in [3.63, 3.8) is 0 Å². The summed E-state index contributed by atoms with van der Waals surface area (Å²) in [7, 11) is -1.02. The van der Waals surface area contributed by atoms with Crippen LogP contribution in [0.15, 0.2) is 59.5 Å². The van der Waals surface area contributed by atoms with Crippen LogP contribution in [0.5, 0.6) is 5.75 Å². The van der Waals surface area contributed by atoms with E-state index >= 15 is 0 Å². The van der Waals surface area contributed by atoms with Gasteiger partial charge in [-0.25, -0.2) is 0 Å². The van der Waals surface area contributed by atoms with Crippen molar-refractivity contribution < 1.29 is 14.1 Å². The minimum absolute atomic E-state index is 0.234. The fourth-order valence-electron chi connectivity index (χ4n) is 2.01. The first kappa shape index (κ1) is 17.7. The molecule has 5 heteroatoms. The van der Waals surface area contributed by atoms with Crippen molar-refractivity contribution in [1.29, 1.82) is 0 Å². The van der Waals surface area contributed by atoms with Crippen molar-refractivity contribution in [3.8, 4) is 5.75 Å². The maximum Gasteiger partial charge on any atom is 0.119 e. The van der Waals surface area contributed by atoms with Gasteiger partial charge in [-0.3, -0.25) is 4.21 Å². The quantitative estimate of drug-likeness (QED) is 0.690. The molecule has 0 aliphatic heterocycles. The van der Waals surface area contributed by atoms with Crippen LogP contribution in [0.3, 0.4) is 0 Å². The molecule has 0 saturated carbocycles. The second-order valence-electron chi connectivity index (χ2n) is 5.34. The van der Waals surface area contributed by atoms with Gasteiger partial charge in [0.1, 0.15) is 18.5 Å². The highest BCUT2D eigenvalue weighted by Crippen LogP contribution is 2.09. The fourth-order valence-corrected chi connectivity index (χ4v) is 3.01. The van der Waals surface area contributed by atoms with Gasteiger partial charge in [-0.1, -0.05) is 35.9 Å². The highest BCUT2D eigenvalue weighted by atomic mass is 32.2. The molecule has 2 N–H and O–H groups in total. The van der Waals surface area contributed by atoms with E-state index in [-0.39, 0.29) is 6.61 Å². The Morgan fingerprint density at radius 3 is 2.52 bits per heavy atom. The van der Waals surface area contributed by atoms with E-state index in [1.54, 1.807) is 0 Å². The highest BCUT2D eigenvalue weighted by molar-refractivity contribution is 7.85. The summed E-state index contributed by atoms with van der Waals surface area (Å²) in [5.41, 5.74) is 1.16. The molecule has 0 radical (unpaired) electrons. The Morgan fingerprint density at radius 1 is 1.13 bits per heavy atom. The van der Waals surface area contributed by atoms with Gasteiger partial charge in [-0.2, -0.15) is 0 Å². The summed E-state index contributed by atoms with van der Waals surface area (Å²) < 4.78 is 17.6. The van der Waals surface area contributed by atoms with E-state index in [4.69, 9.17) is 4.74 Å². The van der Waals surface area contributed by atoms with Crippen LogP contribution >= 0.6 is 0 Å². The van der Waals surface area contributed by atoms with E-state index in [0.717, 1.165) is 16.2 Å². The monoisotopic (exact) mass is 333 g/mol. The van der Waals surface area contributed by atoms with E-state index in [9.17, 15) is 9.32 Å². The van der Waals surface area contributed by atoms with Crippen molar-refractivity contribution >= 4 is 10.8 Å². The predicted molar refractivity (Wildman–Crippen MR) is 93.3 cm³/mol. The molecule has 0 aromatic heterocycles. The summed E-state index contributed by atoms with van der Waals surface area (Å²) >= 11 is 0. The topological polar surface area (TPSA) is 58.6 Å². The lowest BCUT2D eigenvalue weighted by Crippen LogP contribution is -2.33. The number of aliphatic hydroxyl groups excluding tert-OH is 1. The van der Waals surface area contributed by atoms with Gasteiger partial charge in [0.15, 0.2) is 0 Å². The van der Waals surface area contributed by atoms with E-state index in [1.165, 1.54) is 0 Å². The van der Waals surface area contributed by atoms with Crippen LogP contribution in [0.25, 0.3) is 0 Å². The molecule has 23 heavy (non-hydrogen) atoms. The average Bonchev–Trinajstić information content (AvgIpc) is 2.58. The number of nitrogens with one attached hydrogen (secondary N) is 1. The number of para-hydroxylation sites is 1. The Balaban J connectivity index is 1.61. The SMILES string of the molecule is Cc1ccc([S@@](=O)CCNC[C@H](O)COc2ccccc2)cc1. The lowest BCUT2D eigenvalue weighted by atomic mass is 10.2. The van der Waals surface area contributed by atoms with E-state index in [0.29, 0.717) is 18.8 Å². The summed E-state index contributed by atoms with van der Waals surface area (Å²) in [5.74, 6) is 1.27. The molecular weight excluding hydrogens is 310 g/mol. The third-order valence-corrected chi connectivity index (χ3v) is 4.69. The Labute approximate surface area is 140 Å². The molecule has 2 aromatic rings. The molecule has 0 heterocycles. The van der Waals surface area contributed by atoms with Crippen LogP contribution in [0.2, 0.25) is 0 Å². The van der Waals surface area contributed by atoms with Crippen molar-refractivity contribution in [2.75, 3.05) is 25.4 Å². The lowest BCUT2D eigenvalue weighted by molar-refractivity contribution is 0.107. The Bertz CT molecular complexity index is 601. The second-order valence-corrected chi connectivity index (χ2v) is 6.92. The highest BCUT2D eigenvalue weighted by Gasteiger charge is 2.06. The minimum atomic E-state index is -1.02. The molecule has 2 rings (SSSR count). The van der Waals surface area contributed by atoms with Crippen LogP contribution < -0.4 is 10.1 Å². The number of aryl methyl sites for hydroxylation is 1. The van der Waals surface area contributed by atoms with Gasteiger partial charge >= 0.3 is 0 Å². The van der Waals surface area contributed by atoms with E-state index < -0.39 is 16.9 Å². The smallest absolute Gasteiger partial charge is 0.119 e. The molecule has 0 aliphatic rings. The maximum absolute atomic E-state index is 12.1. The molecule has 4 nitrogen and oxygen atoms in total. The van der Waals surface area contributed by atoms with Gasteiger partial charge in [0.25, 0.3) is 0 Å². The molecule has 0 amide bonds. The lowest BCUT2D eigenvalue weighted by Gasteiger charge is -2.13. The zero-order chi connectivity index (χ0) is 16.5. The first-order valence-corrected chi connectivity index (χ1v) is 8.99. The molecule has 0 spiro atoms. The Morgan fingerprint density at radius 2 is 1.83 bits per heavy atom.